The van der Waals surface area contributed by atoms with Gasteiger partial charge in [-0.1, -0.05) is 12.5 Å². The highest BCUT2D eigenvalue weighted by molar-refractivity contribution is 7.89. The van der Waals surface area contributed by atoms with Gasteiger partial charge in [-0.25, -0.2) is 13.1 Å². The summed E-state index contributed by atoms with van der Waals surface area (Å²) >= 11 is 0. The van der Waals surface area contributed by atoms with E-state index in [4.69, 9.17) is 0 Å². The van der Waals surface area contributed by atoms with Gasteiger partial charge in [-0.05, 0) is 49.8 Å². The molecule has 1 N–H and O–H groups in total. The maximum Gasteiger partial charge on any atom is 0.254 e. The summed E-state index contributed by atoms with van der Waals surface area (Å²) < 4.78 is 27.5. The minimum absolute atomic E-state index is 0.123. The van der Waals surface area contributed by atoms with Crippen LogP contribution in [0, 0.1) is 11.8 Å². The molecular weight excluding hydrogens is 378 g/mol. The molecule has 3 aliphatic rings. The number of carbonyl (C=O) groups is 2. The quantitative estimate of drug-likeness (QED) is 0.776. The number of hydrogen-bond acceptors (Lipinski definition) is 4. The van der Waals surface area contributed by atoms with E-state index in [1.54, 1.807) is 17.0 Å². The van der Waals surface area contributed by atoms with E-state index in [0.29, 0.717) is 44.2 Å². The molecule has 7 nitrogen and oxygen atoms in total. The van der Waals surface area contributed by atoms with Crippen LogP contribution in [0.25, 0.3) is 0 Å². The van der Waals surface area contributed by atoms with E-state index in [9.17, 15) is 18.0 Å². The van der Waals surface area contributed by atoms with E-state index in [0.717, 1.165) is 32.1 Å². The monoisotopic (exact) mass is 405 g/mol. The zero-order chi connectivity index (χ0) is 19.7. The summed E-state index contributed by atoms with van der Waals surface area (Å²) in [6.07, 6.45) is 5.22. The first-order valence-electron chi connectivity index (χ1n) is 10.1. The van der Waals surface area contributed by atoms with Crippen LogP contribution in [-0.2, 0) is 14.8 Å². The number of carbonyl (C=O) groups excluding carboxylic acids is 2. The first-order valence-corrected chi connectivity index (χ1v) is 11.6. The van der Waals surface area contributed by atoms with Gasteiger partial charge in [0.2, 0.25) is 15.9 Å². The van der Waals surface area contributed by atoms with Crippen molar-refractivity contribution >= 4 is 21.8 Å². The van der Waals surface area contributed by atoms with E-state index < -0.39 is 10.0 Å². The number of hydrogen-bond donors (Lipinski definition) is 1. The third-order valence-corrected chi connectivity index (χ3v) is 7.40. The van der Waals surface area contributed by atoms with Crippen molar-refractivity contribution in [1.29, 1.82) is 0 Å². The lowest BCUT2D eigenvalue weighted by molar-refractivity contribution is -0.139. The maximum atomic E-state index is 12.8. The van der Waals surface area contributed by atoms with Crippen LogP contribution in [0.2, 0.25) is 0 Å². The fraction of sp³-hybridized carbons (Fsp3) is 0.600. The second kappa shape index (κ2) is 7.83. The molecule has 2 saturated carbocycles. The molecule has 0 aromatic heterocycles. The fourth-order valence-electron chi connectivity index (χ4n) is 3.66. The van der Waals surface area contributed by atoms with Crippen LogP contribution in [0.5, 0.6) is 0 Å². The van der Waals surface area contributed by atoms with Gasteiger partial charge in [-0.15, -0.1) is 0 Å². The zero-order valence-corrected chi connectivity index (χ0v) is 16.8. The first-order chi connectivity index (χ1) is 13.4. The molecule has 0 spiro atoms. The lowest BCUT2D eigenvalue weighted by Crippen LogP contribution is -2.52. The normalized spacial score (nSPS) is 20.7. The van der Waals surface area contributed by atoms with E-state index in [2.05, 4.69) is 4.72 Å². The lowest BCUT2D eigenvalue weighted by Gasteiger charge is -2.38. The van der Waals surface area contributed by atoms with Crippen LogP contribution >= 0.6 is 0 Å². The van der Waals surface area contributed by atoms with Crippen LogP contribution in [0.1, 0.15) is 42.5 Å². The Morgan fingerprint density at radius 3 is 2.29 bits per heavy atom. The molecule has 1 aliphatic heterocycles. The number of nitrogens with one attached hydrogen (secondary N) is 1. The number of sulfonamides is 1. The van der Waals surface area contributed by atoms with Crippen molar-refractivity contribution in [2.75, 3.05) is 32.7 Å². The summed E-state index contributed by atoms with van der Waals surface area (Å²) in [6, 6.07) is 6.22. The largest absolute Gasteiger partial charge is 0.339 e. The molecule has 152 valence electrons. The average Bonchev–Trinajstić information content (AvgIpc) is 3.49. The maximum absolute atomic E-state index is 12.8. The van der Waals surface area contributed by atoms with Gasteiger partial charge in [0.1, 0.15) is 0 Å². The van der Waals surface area contributed by atoms with Crippen molar-refractivity contribution in [2.24, 2.45) is 11.8 Å². The second-order valence-electron chi connectivity index (χ2n) is 8.07. The van der Waals surface area contributed by atoms with E-state index in [1.165, 1.54) is 12.1 Å². The summed E-state index contributed by atoms with van der Waals surface area (Å²) in [5.74, 6) is 0.647. The zero-order valence-electron chi connectivity index (χ0n) is 16.0. The standard InChI is InChI=1S/C20H27N3O4S/c24-19(16-3-1-4-16)22-9-11-23(12-10-22)20(25)17-5-2-6-18(13-17)28(26,27)21-14-15-7-8-15/h2,5-6,13,15-16,21H,1,3-4,7-12,14H2. The number of amides is 2. The Bertz CT molecular complexity index is 854. The Kier molecular flexibility index (Phi) is 5.42. The Hall–Kier alpha value is -1.93. The van der Waals surface area contributed by atoms with E-state index >= 15 is 0 Å². The smallest absolute Gasteiger partial charge is 0.254 e. The molecule has 1 heterocycles. The van der Waals surface area contributed by atoms with Gasteiger partial charge in [0, 0.05) is 44.2 Å². The van der Waals surface area contributed by atoms with Crippen molar-refractivity contribution in [2.45, 2.75) is 37.0 Å². The van der Waals surface area contributed by atoms with Crippen molar-refractivity contribution in [1.82, 2.24) is 14.5 Å². The Balaban J connectivity index is 1.37. The van der Waals surface area contributed by atoms with Gasteiger partial charge < -0.3 is 9.80 Å². The summed E-state index contributed by atoms with van der Waals surface area (Å²) in [7, 11) is -3.60. The molecule has 28 heavy (non-hydrogen) atoms. The molecule has 2 amide bonds. The van der Waals surface area contributed by atoms with Crippen molar-refractivity contribution in [3.05, 3.63) is 29.8 Å². The van der Waals surface area contributed by atoms with Gasteiger partial charge in [-0.3, -0.25) is 9.59 Å². The average molecular weight is 406 g/mol. The molecule has 0 unspecified atom stereocenters. The Morgan fingerprint density at radius 2 is 1.68 bits per heavy atom. The number of rotatable bonds is 6. The summed E-state index contributed by atoms with van der Waals surface area (Å²) in [5.41, 5.74) is 0.369. The van der Waals surface area contributed by atoms with Gasteiger partial charge >= 0.3 is 0 Å². The fourth-order valence-corrected chi connectivity index (χ4v) is 4.82. The third-order valence-electron chi connectivity index (χ3n) is 5.98. The second-order valence-corrected chi connectivity index (χ2v) is 9.84. The molecule has 3 fully saturated rings. The molecule has 1 aromatic carbocycles. The Labute approximate surface area is 166 Å². The molecule has 1 saturated heterocycles. The third kappa shape index (κ3) is 4.22. The topological polar surface area (TPSA) is 86.8 Å². The van der Waals surface area contributed by atoms with Crippen LogP contribution in [0.15, 0.2) is 29.2 Å². The molecule has 2 aliphatic carbocycles. The van der Waals surface area contributed by atoms with Crippen molar-refractivity contribution < 1.29 is 18.0 Å². The number of benzene rings is 1. The predicted octanol–water partition coefficient (Wildman–Crippen LogP) is 1.46. The van der Waals surface area contributed by atoms with Gasteiger partial charge in [0.05, 0.1) is 4.90 Å². The minimum atomic E-state index is -3.60. The van der Waals surface area contributed by atoms with Gasteiger partial charge in [0.25, 0.3) is 5.91 Å². The van der Waals surface area contributed by atoms with Crippen LogP contribution in [-0.4, -0.2) is 62.8 Å². The molecule has 0 atom stereocenters. The van der Waals surface area contributed by atoms with Gasteiger partial charge in [-0.2, -0.15) is 0 Å². The highest BCUT2D eigenvalue weighted by Crippen LogP contribution is 2.29. The van der Waals surface area contributed by atoms with Crippen molar-refractivity contribution in [3.8, 4) is 0 Å². The highest BCUT2D eigenvalue weighted by Gasteiger charge is 2.32. The number of piperazine rings is 1. The molecule has 1 aromatic rings. The Morgan fingerprint density at radius 1 is 1.00 bits per heavy atom. The predicted molar refractivity (Wildman–Crippen MR) is 104 cm³/mol. The molecule has 4 rings (SSSR count). The van der Waals surface area contributed by atoms with Crippen molar-refractivity contribution in [3.63, 3.8) is 0 Å². The van der Waals surface area contributed by atoms with Crippen LogP contribution in [0.3, 0.4) is 0 Å². The summed E-state index contributed by atoms with van der Waals surface area (Å²) in [4.78, 5) is 28.9. The van der Waals surface area contributed by atoms with E-state index in [1.807, 2.05) is 4.90 Å². The molecular formula is C20H27N3O4S. The molecule has 8 heteroatoms. The lowest BCUT2D eigenvalue weighted by atomic mass is 9.84. The SMILES string of the molecule is O=C(c1cccc(S(=O)(=O)NCC2CC2)c1)N1CCN(C(=O)C2CCC2)CC1. The van der Waals surface area contributed by atoms with Crippen LogP contribution in [0.4, 0.5) is 0 Å². The van der Waals surface area contributed by atoms with Crippen LogP contribution < -0.4 is 4.72 Å². The number of nitrogens with zero attached hydrogens (tertiary/aromatic N) is 2. The molecule has 0 radical (unpaired) electrons. The summed E-state index contributed by atoms with van der Waals surface area (Å²) in [6.45, 7) is 2.50. The minimum Gasteiger partial charge on any atom is -0.339 e. The summed E-state index contributed by atoms with van der Waals surface area (Å²) in [5, 5.41) is 0. The van der Waals surface area contributed by atoms with Gasteiger partial charge in [0.15, 0.2) is 0 Å². The highest BCUT2D eigenvalue weighted by atomic mass is 32.2. The van der Waals surface area contributed by atoms with E-state index in [-0.39, 0.29) is 22.6 Å². The first kappa shape index (κ1) is 19.4. The molecule has 0 bridgehead atoms.